The summed E-state index contributed by atoms with van der Waals surface area (Å²) in [5, 5.41) is 5.99. The topological polar surface area (TPSA) is 62.6 Å². The summed E-state index contributed by atoms with van der Waals surface area (Å²) in [6.45, 7) is 4.36. The van der Waals surface area contributed by atoms with Gasteiger partial charge in [0, 0.05) is 17.5 Å². The normalized spacial score (nSPS) is 12.0. The number of nitrogens with zero attached hydrogens (tertiary/aromatic N) is 1. The number of para-hydroxylation sites is 1. The Morgan fingerprint density at radius 1 is 1.13 bits per heavy atom. The van der Waals surface area contributed by atoms with Crippen molar-refractivity contribution in [2.45, 2.75) is 19.9 Å². The SMILES string of the molecule is CCN(C(=O)c1ccc(Cl)c(NC(=O)c2cccs2)c1)C(C)c1cc2ccccc2o1. The van der Waals surface area contributed by atoms with Crippen LogP contribution in [0.4, 0.5) is 5.69 Å². The first-order chi connectivity index (χ1) is 15.0. The fraction of sp³-hybridized carbons (Fsp3) is 0.167. The summed E-state index contributed by atoms with van der Waals surface area (Å²) in [7, 11) is 0. The van der Waals surface area contributed by atoms with Crippen molar-refractivity contribution in [1.29, 1.82) is 0 Å². The van der Waals surface area contributed by atoms with Gasteiger partial charge in [-0.3, -0.25) is 9.59 Å². The Morgan fingerprint density at radius 3 is 2.65 bits per heavy atom. The number of halogens is 1. The van der Waals surface area contributed by atoms with E-state index in [1.807, 2.05) is 49.6 Å². The summed E-state index contributed by atoms with van der Waals surface area (Å²) in [4.78, 5) is 28.0. The van der Waals surface area contributed by atoms with Crippen LogP contribution in [0.2, 0.25) is 5.02 Å². The van der Waals surface area contributed by atoms with Gasteiger partial charge in [-0.2, -0.15) is 0 Å². The van der Waals surface area contributed by atoms with Crippen molar-refractivity contribution in [3.05, 3.63) is 87.3 Å². The van der Waals surface area contributed by atoms with Gasteiger partial charge in [-0.25, -0.2) is 0 Å². The van der Waals surface area contributed by atoms with E-state index in [0.717, 1.165) is 16.7 Å². The lowest BCUT2D eigenvalue weighted by Crippen LogP contribution is -2.33. The number of rotatable bonds is 6. The quantitative estimate of drug-likeness (QED) is 0.357. The molecule has 2 aromatic carbocycles. The summed E-state index contributed by atoms with van der Waals surface area (Å²) < 4.78 is 5.96. The minimum absolute atomic E-state index is 0.168. The molecule has 0 fully saturated rings. The minimum atomic E-state index is -0.260. The molecule has 0 saturated carbocycles. The van der Waals surface area contributed by atoms with E-state index in [0.29, 0.717) is 27.7 Å². The first-order valence-electron chi connectivity index (χ1n) is 9.91. The van der Waals surface area contributed by atoms with Crippen LogP contribution in [0.3, 0.4) is 0 Å². The van der Waals surface area contributed by atoms with E-state index in [4.69, 9.17) is 16.0 Å². The lowest BCUT2D eigenvalue weighted by Gasteiger charge is -2.27. The van der Waals surface area contributed by atoms with Gasteiger partial charge in [-0.15, -0.1) is 11.3 Å². The molecule has 1 atom stereocenters. The second kappa shape index (κ2) is 8.96. The predicted octanol–water partition coefficient (Wildman–Crippen LogP) is 6.62. The zero-order valence-electron chi connectivity index (χ0n) is 17.1. The number of amides is 2. The Labute approximate surface area is 189 Å². The Morgan fingerprint density at radius 2 is 1.94 bits per heavy atom. The van der Waals surface area contributed by atoms with Crippen LogP contribution in [-0.4, -0.2) is 23.3 Å². The van der Waals surface area contributed by atoms with E-state index < -0.39 is 0 Å². The standard InChI is InChI=1S/C24H21ClN2O3S/c1-3-27(15(2)21-14-16-7-4-5-8-20(16)30-21)24(29)17-10-11-18(25)19(13-17)26-23(28)22-9-6-12-31-22/h4-15H,3H2,1-2H3,(H,26,28). The summed E-state index contributed by atoms with van der Waals surface area (Å²) in [6, 6.07) is 17.9. The average molecular weight is 453 g/mol. The van der Waals surface area contributed by atoms with Crippen molar-refractivity contribution in [2.24, 2.45) is 0 Å². The van der Waals surface area contributed by atoms with Gasteiger partial charge in [-0.1, -0.05) is 35.9 Å². The Kier molecular flexibility index (Phi) is 6.11. The second-order valence-electron chi connectivity index (χ2n) is 7.08. The fourth-order valence-corrected chi connectivity index (χ4v) is 4.25. The number of hydrogen-bond donors (Lipinski definition) is 1. The van der Waals surface area contributed by atoms with Crippen LogP contribution in [0.25, 0.3) is 11.0 Å². The number of hydrogen-bond acceptors (Lipinski definition) is 4. The zero-order chi connectivity index (χ0) is 22.0. The third-order valence-electron chi connectivity index (χ3n) is 5.13. The maximum atomic E-state index is 13.3. The molecule has 0 spiro atoms. The van der Waals surface area contributed by atoms with Crippen molar-refractivity contribution >= 4 is 51.4 Å². The van der Waals surface area contributed by atoms with E-state index in [1.165, 1.54) is 11.3 Å². The number of nitrogens with one attached hydrogen (secondary N) is 1. The van der Waals surface area contributed by atoms with Gasteiger partial charge < -0.3 is 14.6 Å². The zero-order valence-corrected chi connectivity index (χ0v) is 18.7. The second-order valence-corrected chi connectivity index (χ2v) is 8.43. The van der Waals surface area contributed by atoms with E-state index in [-0.39, 0.29) is 17.9 Å². The first kappa shape index (κ1) is 21.2. The van der Waals surface area contributed by atoms with Crippen LogP contribution < -0.4 is 5.32 Å². The molecule has 7 heteroatoms. The number of benzene rings is 2. The fourth-order valence-electron chi connectivity index (χ4n) is 3.47. The van der Waals surface area contributed by atoms with Gasteiger partial charge in [-0.05, 0) is 55.6 Å². The number of furan rings is 1. The molecule has 2 aromatic heterocycles. The third-order valence-corrected chi connectivity index (χ3v) is 6.33. The van der Waals surface area contributed by atoms with Crippen molar-refractivity contribution in [1.82, 2.24) is 4.90 Å². The molecule has 2 amide bonds. The maximum absolute atomic E-state index is 13.3. The molecule has 0 saturated heterocycles. The van der Waals surface area contributed by atoms with E-state index in [9.17, 15) is 9.59 Å². The average Bonchev–Trinajstić information content (AvgIpc) is 3.45. The molecule has 0 aliphatic heterocycles. The van der Waals surface area contributed by atoms with E-state index in [1.54, 1.807) is 35.2 Å². The van der Waals surface area contributed by atoms with Gasteiger partial charge in [0.1, 0.15) is 11.3 Å². The lowest BCUT2D eigenvalue weighted by molar-refractivity contribution is 0.0684. The molecular weight excluding hydrogens is 432 g/mol. The Hall–Kier alpha value is -3.09. The van der Waals surface area contributed by atoms with Crippen molar-refractivity contribution in [2.75, 3.05) is 11.9 Å². The molecular formula is C24H21ClN2O3S. The molecule has 158 valence electrons. The van der Waals surface area contributed by atoms with Gasteiger partial charge in [0.05, 0.1) is 21.6 Å². The van der Waals surface area contributed by atoms with Crippen LogP contribution in [-0.2, 0) is 0 Å². The van der Waals surface area contributed by atoms with Gasteiger partial charge in [0.25, 0.3) is 11.8 Å². The molecule has 0 aliphatic carbocycles. The van der Waals surface area contributed by atoms with Gasteiger partial charge >= 0.3 is 0 Å². The molecule has 4 aromatic rings. The van der Waals surface area contributed by atoms with Crippen LogP contribution in [0.5, 0.6) is 0 Å². The highest BCUT2D eigenvalue weighted by molar-refractivity contribution is 7.12. The molecule has 4 rings (SSSR count). The summed E-state index contributed by atoms with van der Waals surface area (Å²) in [5.41, 5.74) is 1.63. The maximum Gasteiger partial charge on any atom is 0.265 e. The van der Waals surface area contributed by atoms with Crippen molar-refractivity contribution in [3.63, 3.8) is 0 Å². The summed E-state index contributed by atoms with van der Waals surface area (Å²) in [6.07, 6.45) is 0. The smallest absolute Gasteiger partial charge is 0.265 e. The Bertz CT molecular complexity index is 1200. The molecule has 1 N–H and O–H groups in total. The molecule has 31 heavy (non-hydrogen) atoms. The van der Waals surface area contributed by atoms with Crippen LogP contribution >= 0.6 is 22.9 Å². The molecule has 2 heterocycles. The molecule has 0 radical (unpaired) electrons. The van der Waals surface area contributed by atoms with Crippen LogP contribution in [0, 0.1) is 0 Å². The Balaban J connectivity index is 1.58. The number of fused-ring (bicyclic) bond motifs is 1. The molecule has 0 bridgehead atoms. The predicted molar refractivity (Wildman–Crippen MR) is 125 cm³/mol. The van der Waals surface area contributed by atoms with E-state index >= 15 is 0 Å². The van der Waals surface area contributed by atoms with Crippen LogP contribution in [0.1, 0.15) is 45.7 Å². The minimum Gasteiger partial charge on any atom is -0.459 e. The number of carbonyl (C=O) groups is 2. The van der Waals surface area contributed by atoms with Gasteiger partial charge in [0.2, 0.25) is 0 Å². The monoisotopic (exact) mass is 452 g/mol. The molecule has 5 nitrogen and oxygen atoms in total. The number of thiophene rings is 1. The van der Waals surface area contributed by atoms with Gasteiger partial charge in [0.15, 0.2) is 0 Å². The highest BCUT2D eigenvalue weighted by Gasteiger charge is 2.25. The first-order valence-corrected chi connectivity index (χ1v) is 11.2. The lowest BCUT2D eigenvalue weighted by atomic mass is 10.1. The molecule has 1 unspecified atom stereocenters. The highest BCUT2D eigenvalue weighted by atomic mass is 35.5. The van der Waals surface area contributed by atoms with E-state index in [2.05, 4.69) is 5.32 Å². The third kappa shape index (κ3) is 4.36. The van der Waals surface area contributed by atoms with Crippen LogP contribution in [0.15, 0.2) is 70.5 Å². The van der Waals surface area contributed by atoms with Crippen molar-refractivity contribution in [3.8, 4) is 0 Å². The largest absolute Gasteiger partial charge is 0.459 e. The molecule has 0 aliphatic rings. The summed E-state index contributed by atoms with van der Waals surface area (Å²) in [5.74, 6) is 0.292. The van der Waals surface area contributed by atoms with Crippen molar-refractivity contribution < 1.29 is 14.0 Å². The highest BCUT2D eigenvalue weighted by Crippen LogP contribution is 2.30. The summed E-state index contributed by atoms with van der Waals surface area (Å²) >= 11 is 7.61. The number of carbonyl (C=O) groups excluding carboxylic acids is 2. The number of anilines is 1.